The molecular formula is C29H30F3N3O2. The Kier molecular flexibility index (Phi) is 7.86. The maximum atomic E-state index is 13.3. The van der Waals surface area contributed by atoms with Crippen molar-refractivity contribution < 1.29 is 22.8 Å². The van der Waals surface area contributed by atoms with Crippen molar-refractivity contribution >= 4 is 17.5 Å². The van der Waals surface area contributed by atoms with E-state index in [0.29, 0.717) is 30.5 Å². The molecule has 3 aromatic carbocycles. The second kappa shape index (κ2) is 11.1. The molecule has 1 heterocycles. The molecule has 5 nitrogen and oxygen atoms in total. The lowest BCUT2D eigenvalue weighted by Gasteiger charge is -2.41. The van der Waals surface area contributed by atoms with Crippen LogP contribution in [0.1, 0.15) is 33.5 Å². The van der Waals surface area contributed by atoms with E-state index in [1.807, 2.05) is 61.5 Å². The van der Waals surface area contributed by atoms with Crippen LogP contribution >= 0.6 is 0 Å². The number of alkyl halides is 3. The van der Waals surface area contributed by atoms with E-state index >= 15 is 0 Å². The minimum atomic E-state index is -4.46. The molecule has 0 spiro atoms. The Morgan fingerprint density at radius 2 is 1.62 bits per heavy atom. The summed E-state index contributed by atoms with van der Waals surface area (Å²) >= 11 is 0. The summed E-state index contributed by atoms with van der Waals surface area (Å²) < 4.78 is 39.8. The van der Waals surface area contributed by atoms with Crippen LogP contribution in [-0.4, -0.2) is 54.8 Å². The number of carbonyl (C=O) groups excluding carboxylic acids is 2. The number of halogens is 3. The van der Waals surface area contributed by atoms with Crippen LogP contribution < -0.4 is 4.90 Å². The molecule has 0 aromatic heterocycles. The Hall–Kier alpha value is -3.81. The molecule has 1 aliphatic heterocycles. The first-order valence-electron chi connectivity index (χ1n) is 12.2. The number of hydrogen-bond donors (Lipinski definition) is 0. The Labute approximate surface area is 215 Å². The summed E-state index contributed by atoms with van der Waals surface area (Å²) in [6.07, 6.45) is -3.20. The van der Waals surface area contributed by atoms with Crippen molar-refractivity contribution in [2.75, 3.05) is 32.1 Å². The van der Waals surface area contributed by atoms with E-state index in [9.17, 15) is 22.8 Å². The fourth-order valence-corrected chi connectivity index (χ4v) is 4.60. The van der Waals surface area contributed by atoms with Gasteiger partial charge in [0.1, 0.15) is 6.54 Å². The Morgan fingerprint density at radius 1 is 0.946 bits per heavy atom. The highest BCUT2D eigenvalue weighted by atomic mass is 19.4. The number of hydrogen-bond acceptors (Lipinski definition) is 3. The molecule has 1 fully saturated rings. The quantitative estimate of drug-likeness (QED) is 0.437. The number of rotatable bonds is 7. The molecular weight excluding hydrogens is 479 g/mol. The van der Waals surface area contributed by atoms with Gasteiger partial charge in [-0.15, -0.1) is 0 Å². The van der Waals surface area contributed by atoms with E-state index in [2.05, 4.69) is 0 Å². The van der Waals surface area contributed by atoms with Crippen molar-refractivity contribution in [1.82, 2.24) is 9.80 Å². The van der Waals surface area contributed by atoms with E-state index in [1.165, 1.54) is 6.07 Å². The average molecular weight is 510 g/mol. The first-order chi connectivity index (χ1) is 17.6. The summed E-state index contributed by atoms with van der Waals surface area (Å²) in [5, 5.41) is 0. The zero-order chi connectivity index (χ0) is 26.6. The fourth-order valence-electron chi connectivity index (χ4n) is 4.60. The lowest BCUT2D eigenvalue weighted by Crippen LogP contribution is -2.57. The third kappa shape index (κ3) is 6.50. The molecule has 0 N–H and O–H groups in total. The highest BCUT2D eigenvalue weighted by molar-refractivity contribution is 5.97. The van der Waals surface area contributed by atoms with Crippen LogP contribution in [0.3, 0.4) is 0 Å². The molecule has 37 heavy (non-hydrogen) atoms. The van der Waals surface area contributed by atoms with Crippen molar-refractivity contribution in [3.63, 3.8) is 0 Å². The normalized spacial score (nSPS) is 16.1. The smallest absolute Gasteiger partial charge is 0.378 e. The molecule has 194 valence electrons. The van der Waals surface area contributed by atoms with E-state index in [4.69, 9.17) is 0 Å². The monoisotopic (exact) mass is 509 g/mol. The van der Waals surface area contributed by atoms with Crippen molar-refractivity contribution in [3.05, 3.63) is 101 Å². The zero-order valence-corrected chi connectivity index (χ0v) is 20.9. The van der Waals surface area contributed by atoms with Gasteiger partial charge in [-0.05, 0) is 60.4 Å². The second-order valence-electron chi connectivity index (χ2n) is 9.52. The molecule has 1 atom stereocenters. The summed E-state index contributed by atoms with van der Waals surface area (Å²) in [6.45, 7) is 0.253. The lowest BCUT2D eigenvalue weighted by atomic mass is 9.99. The van der Waals surface area contributed by atoms with Crippen LogP contribution in [0.25, 0.3) is 0 Å². The minimum Gasteiger partial charge on any atom is -0.378 e. The van der Waals surface area contributed by atoms with Gasteiger partial charge >= 0.3 is 6.18 Å². The van der Waals surface area contributed by atoms with Gasteiger partial charge in [0.05, 0.1) is 11.6 Å². The van der Waals surface area contributed by atoms with Crippen LogP contribution in [-0.2, 0) is 23.9 Å². The molecule has 8 heteroatoms. The molecule has 1 aliphatic rings. The summed E-state index contributed by atoms with van der Waals surface area (Å²) in [7, 11) is 3.83. The molecule has 0 saturated carbocycles. The summed E-state index contributed by atoms with van der Waals surface area (Å²) in [5.41, 5.74) is 2.21. The zero-order valence-electron chi connectivity index (χ0n) is 20.9. The van der Waals surface area contributed by atoms with Crippen LogP contribution in [0.2, 0.25) is 0 Å². The van der Waals surface area contributed by atoms with Crippen LogP contribution in [0.5, 0.6) is 0 Å². The number of benzene rings is 3. The van der Waals surface area contributed by atoms with Gasteiger partial charge in [-0.2, -0.15) is 13.2 Å². The molecule has 2 amide bonds. The third-order valence-electron chi connectivity index (χ3n) is 6.65. The average Bonchev–Trinajstić information content (AvgIpc) is 2.88. The highest BCUT2D eigenvalue weighted by Crippen LogP contribution is 2.30. The number of carbonyl (C=O) groups is 2. The van der Waals surface area contributed by atoms with Crippen molar-refractivity contribution in [1.29, 1.82) is 0 Å². The van der Waals surface area contributed by atoms with Crippen molar-refractivity contribution in [3.8, 4) is 0 Å². The highest BCUT2D eigenvalue weighted by Gasteiger charge is 2.36. The number of nitrogens with zero attached hydrogens (tertiary/aromatic N) is 3. The summed E-state index contributed by atoms with van der Waals surface area (Å²) in [4.78, 5) is 31.7. The first-order valence-corrected chi connectivity index (χ1v) is 12.2. The van der Waals surface area contributed by atoms with E-state index < -0.39 is 11.7 Å². The first kappa shape index (κ1) is 26.3. The van der Waals surface area contributed by atoms with Crippen molar-refractivity contribution in [2.24, 2.45) is 0 Å². The van der Waals surface area contributed by atoms with Crippen molar-refractivity contribution in [2.45, 2.75) is 31.6 Å². The van der Waals surface area contributed by atoms with Crippen LogP contribution in [0, 0.1) is 0 Å². The standard InChI is InChI=1S/C29H30F3N3O2/c1-33(2)25-15-12-23(13-16-25)28(37)34-19-26(14-11-21-7-4-3-5-8-21)35(27(36)20-34)18-22-9-6-10-24(17-22)29(30,31)32/h3-10,12-13,15-17,26H,11,14,18-20H2,1-2H3/t26-/m0/s1. The molecule has 1 saturated heterocycles. The van der Waals surface area contributed by atoms with E-state index in [1.54, 1.807) is 28.0 Å². The van der Waals surface area contributed by atoms with Gasteiger partial charge in [0.2, 0.25) is 5.91 Å². The number of piperazine rings is 1. The van der Waals surface area contributed by atoms with Gasteiger partial charge in [-0.1, -0.05) is 42.5 Å². The van der Waals surface area contributed by atoms with E-state index in [-0.39, 0.29) is 30.9 Å². The SMILES string of the molecule is CN(C)c1ccc(C(=O)N2CC(=O)N(Cc3cccc(C(F)(F)F)c3)[C@@H](CCc3ccccc3)C2)cc1. The molecule has 3 aromatic rings. The maximum absolute atomic E-state index is 13.3. The van der Waals surface area contributed by atoms with Gasteiger partial charge in [0.25, 0.3) is 5.91 Å². The molecule has 0 radical (unpaired) electrons. The third-order valence-corrected chi connectivity index (χ3v) is 6.65. The van der Waals surface area contributed by atoms with Gasteiger partial charge in [0, 0.05) is 38.4 Å². The Bertz CT molecular complexity index is 1230. The summed E-state index contributed by atoms with van der Waals surface area (Å²) in [6, 6.07) is 21.7. The van der Waals surface area contributed by atoms with Gasteiger partial charge in [0.15, 0.2) is 0 Å². The molecule has 0 bridgehead atoms. The largest absolute Gasteiger partial charge is 0.416 e. The number of aryl methyl sites for hydroxylation is 1. The fraction of sp³-hybridized carbons (Fsp3) is 0.310. The second-order valence-corrected chi connectivity index (χ2v) is 9.52. The number of amides is 2. The Morgan fingerprint density at radius 3 is 2.27 bits per heavy atom. The molecule has 0 unspecified atom stereocenters. The van der Waals surface area contributed by atoms with Gasteiger partial charge in [-0.3, -0.25) is 9.59 Å². The summed E-state index contributed by atoms with van der Waals surface area (Å²) in [5.74, 6) is -0.512. The van der Waals surface area contributed by atoms with Crippen LogP contribution in [0.15, 0.2) is 78.9 Å². The van der Waals surface area contributed by atoms with Gasteiger partial charge < -0.3 is 14.7 Å². The predicted octanol–water partition coefficient (Wildman–Crippen LogP) is 5.26. The minimum absolute atomic E-state index is 0.0573. The molecule has 0 aliphatic carbocycles. The predicted molar refractivity (Wildman–Crippen MR) is 137 cm³/mol. The molecule has 4 rings (SSSR count). The number of anilines is 1. The Balaban J connectivity index is 1.55. The van der Waals surface area contributed by atoms with Crippen LogP contribution in [0.4, 0.5) is 18.9 Å². The lowest BCUT2D eigenvalue weighted by molar-refractivity contribution is -0.139. The topological polar surface area (TPSA) is 43.9 Å². The van der Waals surface area contributed by atoms with Gasteiger partial charge in [-0.25, -0.2) is 0 Å². The maximum Gasteiger partial charge on any atom is 0.416 e. The van der Waals surface area contributed by atoms with E-state index in [0.717, 1.165) is 23.4 Å².